The zero-order valence-corrected chi connectivity index (χ0v) is 27.4. The number of hydrogen-bond donors (Lipinski definition) is 0. The van der Waals surface area contributed by atoms with Crippen molar-refractivity contribution in [3.63, 3.8) is 0 Å². The molecule has 4 aromatic heterocycles. The number of hydrogen-bond acceptors (Lipinski definition) is 4. The first kappa shape index (κ1) is 30.9. The second kappa shape index (κ2) is 17.7. The van der Waals surface area contributed by atoms with Crippen molar-refractivity contribution in [2.24, 2.45) is 0 Å². The standard InChI is InChI=1S/C36H42S4/c1-3-5-7-9-11-13-15-29-17-19-31(37-29)21-23-33-25-27-35(39-33)36-28-26-34(40-36)24-22-32-20-18-30(38-32)16-14-12-10-8-6-4-2/h17-20,25-28H,3-16H2,1-2H3. The zero-order valence-electron chi connectivity index (χ0n) is 24.2. The molecule has 0 aromatic carbocycles. The molecule has 0 unspecified atom stereocenters. The van der Waals surface area contributed by atoms with E-state index in [0.29, 0.717) is 0 Å². The lowest BCUT2D eigenvalue weighted by atomic mass is 10.1. The van der Waals surface area contributed by atoms with Gasteiger partial charge in [-0.3, -0.25) is 0 Å². The number of aryl methyl sites for hydroxylation is 2. The minimum atomic E-state index is 1.12. The van der Waals surface area contributed by atoms with Gasteiger partial charge in [-0.2, -0.15) is 0 Å². The lowest BCUT2D eigenvalue weighted by Crippen LogP contribution is -1.82. The highest BCUT2D eigenvalue weighted by Crippen LogP contribution is 2.33. The number of thiophene rings is 4. The van der Waals surface area contributed by atoms with Crippen LogP contribution in [0.2, 0.25) is 0 Å². The molecular weight excluding hydrogens is 561 g/mol. The van der Waals surface area contributed by atoms with Crippen molar-refractivity contribution in [2.75, 3.05) is 0 Å². The third kappa shape index (κ3) is 10.7. The molecule has 0 atom stereocenters. The van der Waals surface area contributed by atoms with Crippen LogP contribution in [-0.4, -0.2) is 0 Å². The predicted molar refractivity (Wildman–Crippen MR) is 182 cm³/mol. The van der Waals surface area contributed by atoms with Crippen LogP contribution in [0.4, 0.5) is 0 Å². The summed E-state index contributed by atoms with van der Waals surface area (Å²) in [5.41, 5.74) is 0. The largest absolute Gasteiger partial charge is 0.132 e. The van der Waals surface area contributed by atoms with Gasteiger partial charge in [0, 0.05) is 19.5 Å². The molecule has 0 aliphatic rings. The van der Waals surface area contributed by atoms with E-state index in [9.17, 15) is 0 Å². The molecule has 0 bridgehead atoms. The minimum absolute atomic E-state index is 1.12. The summed E-state index contributed by atoms with van der Waals surface area (Å²) in [5.74, 6) is 13.6. The summed E-state index contributed by atoms with van der Waals surface area (Å²) in [4.78, 5) is 10.1. The minimum Gasteiger partial charge on any atom is -0.132 e. The van der Waals surface area contributed by atoms with Crippen molar-refractivity contribution < 1.29 is 0 Å². The van der Waals surface area contributed by atoms with Gasteiger partial charge in [-0.1, -0.05) is 78.1 Å². The van der Waals surface area contributed by atoms with Crippen molar-refractivity contribution in [1.82, 2.24) is 0 Å². The molecule has 0 aliphatic heterocycles. The van der Waals surface area contributed by atoms with Gasteiger partial charge >= 0.3 is 0 Å². The number of rotatable bonds is 15. The Bertz CT molecular complexity index is 1290. The highest BCUT2D eigenvalue weighted by atomic mass is 32.1. The normalized spacial score (nSPS) is 10.8. The first-order chi connectivity index (χ1) is 19.7. The molecule has 0 nitrogen and oxygen atoms in total. The predicted octanol–water partition coefficient (Wildman–Crippen LogP) is 12.2. The maximum absolute atomic E-state index is 3.40. The lowest BCUT2D eigenvalue weighted by molar-refractivity contribution is 0.609. The summed E-state index contributed by atoms with van der Waals surface area (Å²) in [6, 6.07) is 17.6. The van der Waals surface area contributed by atoms with Gasteiger partial charge in [-0.25, -0.2) is 0 Å². The van der Waals surface area contributed by atoms with Crippen molar-refractivity contribution in [2.45, 2.75) is 104 Å². The van der Waals surface area contributed by atoms with E-state index in [-0.39, 0.29) is 0 Å². The molecule has 4 heterocycles. The zero-order chi connectivity index (χ0) is 27.8. The third-order valence-corrected chi connectivity index (χ3v) is 11.3. The summed E-state index contributed by atoms with van der Waals surface area (Å²) in [6.45, 7) is 4.55. The van der Waals surface area contributed by atoms with E-state index in [2.05, 4.69) is 86.1 Å². The Morgan fingerprint density at radius 1 is 0.400 bits per heavy atom. The summed E-state index contributed by atoms with van der Waals surface area (Å²) in [6.07, 6.45) is 18.6. The molecule has 4 aromatic rings. The summed E-state index contributed by atoms with van der Waals surface area (Å²) in [7, 11) is 0. The molecule has 0 aliphatic carbocycles. The highest BCUT2D eigenvalue weighted by molar-refractivity contribution is 7.22. The molecule has 0 fully saturated rings. The van der Waals surface area contributed by atoms with Crippen LogP contribution in [0.25, 0.3) is 9.75 Å². The fourth-order valence-electron chi connectivity index (χ4n) is 4.64. The Balaban J connectivity index is 1.24. The van der Waals surface area contributed by atoms with Gasteiger partial charge in [0.15, 0.2) is 0 Å². The molecule has 4 rings (SSSR count). The first-order valence-corrected chi connectivity index (χ1v) is 18.4. The smallest absolute Gasteiger partial charge is 0.0779 e. The Hall–Kier alpha value is -2.08. The second-order valence-electron chi connectivity index (χ2n) is 10.4. The van der Waals surface area contributed by atoms with Crippen LogP contribution in [0.1, 0.15) is 120 Å². The highest BCUT2D eigenvalue weighted by Gasteiger charge is 2.06. The van der Waals surface area contributed by atoms with Crippen molar-refractivity contribution in [3.05, 3.63) is 77.8 Å². The fraction of sp³-hybridized carbons (Fsp3) is 0.444. The van der Waals surface area contributed by atoms with E-state index in [0.717, 1.165) is 9.75 Å². The van der Waals surface area contributed by atoms with Crippen LogP contribution in [0.5, 0.6) is 0 Å². The average molecular weight is 603 g/mol. The maximum atomic E-state index is 3.40. The van der Waals surface area contributed by atoms with E-state index in [1.807, 2.05) is 22.7 Å². The Morgan fingerprint density at radius 2 is 0.750 bits per heavy atom. The van der Waals surface area contributed by atoms with Gasteiger partial charge in [0.25, 0.3) is 0 Å². The monoisotopic (exact) mass is 602 g/mol. The van der Waals surface area contributed by atoms with E-state index in [1.165, 1.54) is 119 Å². The van der Waals surface area contributed by atoms with E-state index >= 15 is 0 Å². The van der Waals surface area contributed by atoms with Crippen molar-refractivity contribution in [3.8, 4) is 33.4 Å². The number of unbranched alkanes of at least 4 members (excludes halogenated alkanes) is 10. The molecule has 0 amide bonds. The first-order valence-electron chi connectivity index (χ1n) is 15.1. The summed E-state index contributed by atoms with van der Waals surface area (Å²) >= 11 is 7.27. The van der Waals surface area contributed by atoms with Crippen LogP contribution >= 0.6 is 45.3 Å². The van der Waals surface area contributed by atoms with Gasteiger partial charge in [0.05, 0.1) is 19.5 Å². The topological polar surface area (TPSA) is 0 Å². The third-order valence-electron chi connectivity index (χ3n) is 6.95. The van der Waals surface area contributed by atoms with Gasteiger partial charge in [-0.15, -0.1) is 45.3 Å². The SMILES string of the molecule is CCCCCCCCc1ccc(C#Cc2ccc(-c3ccc(C#Cc4ccc(CCCCCCCC)s4)s3)s2)s1. The van der Waals surface area contributed by atoms with Crippen LogP contribution in [-0.2, 0) is 12.8 Å². The Labute approximate surface area is 258 Å². The van der Waals surface area contributed by atoms with Gasteiger partial charge in [0.2, 0.25) is 0 Å². The van der Waals surface area contributed by atoms with Gasteiger partial charge < -0.3 is 0 Å². The van der Waals surface area contributed by atoms with Crippen LogP contribution in [0.3, 0.4) is 0 Å². The van der Waals surface area contributed by atoms with Crippen molar-refractivity contribution >= 4 is 45.3 Å². The molecule has 0 N–H and O–H groups in total. The Kier molecular flexibility index (Phi) is 13.6. The van der Waals surface area contributed by atoms with Crippen molar-refractivity contribution in [1.29, 1.82) is 0 Å². The molecule has 0 radical (unpaired) electrons. The van der Waals surface area contributed by atoms with Crippen LogP contribution in [0.15, 0.2) is 48.5 Å². The summed E-state index contributed by atoms with van der Waals surface area (Å²) in [5, 5.41) is 0. The van der Waals surface area contributed by atoms with E-state index < -0.39 is 0 Å². The maximum Gasteiger partial charge on any atom is 0.0779 e. The molecule has 0 saturated heterocycles. The molecule has 0 saturated carbocycles. The molecule has 210 valence electrons. The van der Waals surface area contributed by atoms with E-state index in [1.54, 1.807) is 22.7 Å². The van der Waals surface area contributed by atoms with Gasteiger partial charge in [-0.05, 0) is 97.9 Å². The molecule has 0 spiro atoms. The molecule has 40 heavy (non-hydrogen) atoms. The lowest BCUT2D eigenvalue weighted by Gasteiger charge is -1.98. The summed E-state index contributed by atoms with van der Waals surface area (Å²) < 4.78 is 0. The second-order valence-corrected chi connectivity index (χ2v) is 14.9. The molecular formula is C36H42S4. The quantitative estimate of drug-likeness (QED) is 0.0938. The van der Waals surface area contributed by atoms with E-state index in [4.69, 9.17) is 0 Å². The van der Waals surface area contributed by atoms with Crippen LogP contribution in [0, 0.1) is 23.7 Å². The van der Waals surface area contributed by atoms with Gasteiger partial charge in [0.1, 0.15) is 0 Å². The average Bonchev–Trinajstić information content (AvgIpc) is 3.77. The fourth-order valence-corrected chi connectivity index (χ4v) is 8.26. The molecule has 4 heteroatoms. The van der Waals surface area contributed by atoms with Crippen LogP contribution < -0.4 is 0 Å². The Morgan fingerprint density at radius 3 is 1.18 bits per heavy atom.